The van der Waals surface area contributed by atoms with Gasteiger partial charge in [0.15, 0.2) is 5.96 Å². The first-order valence-electron chi connectivity index (χ1n) is 8.95. The van der Waals surface area contributed by atoms with Crippen LogP contribution >= 0.6 is 0 Å². The summed E-state index contributed by atoms with van der Waals surface area (Å²) < 4.78 is 0. The van der Waals surface area contributed by atoms with Crippen LogP contribution in [0.1, 0.15) is 50.3 Å². The molecule has 0 saturated carbocycles. The van der Waals surface area contributed by atoms with Crippen LogP contribution in [-0.4, -0.2) is 23.8 Å². The van der Waals surface area contributed by atoms with E-state index < -0.39 is 11.5 Å². The fourth-order valence-corrected chi connectivity index (χ4v) is 3.63. The minimum atomic E-state index is -0.675. The zero-order valence-electron chi connectivity index (χ0n) is 16.1. The van der Waals surface area contributed by atoms with Gasteiger partial charge in [-0.1, -0.05) is 75.4 Å². The normalized spacial score (nSPS) is 23.7. The quantitative estimate of drug-likeness (QED) is 0.862. The van der Waals surface area contributed by atoms with E-state index in [1.165, 1.54) is 10.5 Å². The maximum atomic E-state index is 13.2. The molecule has 2 atom stereocenters. The van der Waals surface area contributed by atoms with E-state index in [9.17, 15) is 4.79 Å². The van der Waals surface area contributed by atoms with Crippen LogP contribution in [0.2, 0.25) is 0 Å². The Balaban J connectivity index is 2.11. The molecule has 1 saturated heterocycles. The van der Waals surface area contributed by atoms with Crippen molar-refractivity contribution in [1.29, 1.82) is 5.41 Å². The Labute approximate surface area is 155 Å². The van der Waals surface area contributed by atoms with Crippen LogP contribution in [0, 0.1) is 5.41 Å². The molecule has 0 radical (unpaired) electrons. The van der Waals surface area contributed by atoms with E-state index in [2.05, 4.69) is 50.4 Å². The van der Waals surface area contributed by atoms with Gasteiger partial charge in [0.1, 0.15) is 0 Å². The molecule has 3 rings (SSSR count). The van der Waals surface area contributed by atoms with E-state index in [0.29, 0.717) is 0 Å². The predicted molar refractivity (Wildman–Crippen MR) is 105 cm³/mol. The Morgan fingerprint density at radius 3 is 2.15 bits per heavy atom. The Bertz CT molecular complexity index is 821. The minimum Gasteiger partial charge on any atom is -0.346 e. The highest BCUT2D eigenvalue weighted by Gasteiger charge is 2.48. The number of nitrogens with zero attached hydrogens (tertiary/aromatic N) is 1. The molecule has 4 heteroatoms. The van der Waals surface area contributed by atoms with Gasteiger partial charge in [0, 0.05) is 7.05 Å². The summed E-state index contributed by atoms with van der Waals surface area (Å²) >= 11 is 0. The van der Waals surface area contributed by atoms with Crippen molar-refractivity contribution in [3.8, 4) is 0 Å². The number of nitrogens with one attached hydrogen (secondary N) is 2. The fourth-order valence-electron chi connectivity index (χ4n) is 3.63. The lowest BCUT2D eigenvalue weighted by molar-refractivity contribution is -0.131. The molecule has 1 fully saturated rings. The average molecular weight is 349 g/mol. The molecule has 0 unspecified atom stereocenters. The van der Waals surface area contributed by atoms with Crippen molar-refractivity contribution < 1.29 is 4.79 Å². The smallest absolute Gasteiger partial charge is 0.239 e. The first-order valence-corrected chi connectivity index (χ1v) is 8.95. The van der Waals surface area contributed by atoms with Gasteiger partial charge >= 0.3 is 0 Å². The van der Waals surface area contributed by atoms with Gasteiger partial charge in [-0.05, 0) is 29.0 Å². The molecular formula is C22H27N3O. The van der Waals surface area contributed by atoms with Gasteiger partial charge in [-0.15, -0.1) is 0 Å². The molecule has 1 amide bonds. The number of amides is 1. The molecule has 26 heavy (non-hydrogen) atoms. The summed E-state index contributed by atoms with van der Waals surface area (Å²) in [4.78, 5) is 14.5. The number of carbonyl (C=O) groups excluding carboxylic acids is 1. The van der Waals surface area contributed by atoms with Crippen molar-refractivity contribution >= 4 is 11.9 Å². The topological polar surface area (TPSA) is 56.2 Å². The van der Waals surface area contributed by atoms with Gasteiger partial charge in [0.25, 0.3) is 0 Å². The van der Waals surface area contributed by atoms with Crippen molar-refractivity contribution in [2.24, 2.45) is 0 Å². The monoisotopic (exact) mass is 349 g/mol. The molecule has 1 heterocycles. The number of likely N-dealkylation sites (N-methyl/N-ethyl adjacent to an activating group) is 1. The van der Waals surface area contributed by atoms with E-state index in [1.807, 2.05) is 37.3 Å². The minimum absolute atomic E-state index is 0.0645. The number of benzene rings is 2. The number of hydrogen-bond donors (Lipinski definition) is 2. The van der Waals surface area contributed by atoms with Crippen molar-refractivity contribution in [3.05, 3.63) is 71.3 Å². The summed E-state index contributed by atoms with van der Waals surface area (Å²) in [6.45, 7) is 8.54. The number of guanidine groups is 1. The summed E-state index contributed by atoms with van der Waals surface area (Å²) in [7, 11) is 1.65. The zero-order chi connectivity index (χ0) is 19.1. The number of carbonyl (C=O) groups is 1. The third-order valence-corrected chi connectivity index (χ3v) is 5.35. The van der Waals surface area contributed by atoms with Gasteiger partial charge in [-0.2, -0.15) is 0 Å². The van der Waals surface area contributed by atoms with Crippen LogP contribution in [-0.2, 0) is 15.7 Å². The van der Waals surface area contributed by atoms with Gasteiger partial charge in [0.05, 0.1) is 11.5 Å². The van der Waals surface area contributed by atoms with Crippen LogP contribution in [0.3, 0.4) is 0 Å². The van der Waals surface area contributed by atoms with Crippen LogP contribution in [0.15, 0.2) is 54.6 Å². The van der Waals surface area contributed by atoms with E-state index in [-0.39, 0.29) is 17.3 Å². The van der Waals surface area contributed by atoms with Crippen molar-refractivity contribution in [2.45, 2.75) is 44.6 Å². The summed E-state index contributed by atoms with van der Waals surface area (Å²) in [5.74, 6) is -0.342. The molecule has 2 aromatic carbocycles. The second-order valence-corrected chi connectivity index (χ2v) is 8.24. The molecular weight excluding hydrogens is 322 g/mol. The zero-order valence-corrected chi connectivity index (χ0v) is 16.1. The lowest BCUT2D eigenvalue weighted by Crippen LogP contribution is -2.62. The third kappa shape index (κ3) is 3.00. The first-order chi connectivity index (χ1) is 12.1. The highest BCUT2D eigenvalue weighted by molar-refractivity contribution is 6.02. The third-order valence-electron chi connectivity index (χ3n) is 5.35. The summed E-state index contributed by atoms with van der Waals surface area (Å²) in [5, 5.41) is 11.5. The first kappa shape index (κ1) is 18.2. The van der Waals surface area contributed by atoms with Crippen LogP contribution < -0.4 is 5.32 Å². The molecule has 0 spiro atoms. The Morgan fingerprint density at radius 2 is 1.62 bits per heavy atom. The largest absolute Gasteiger partial charge is 0.346 e. The molecule has 1 aliphatic rings. The maximum Gasteiger partial charge on any atom is 0.239 e. The van der Waals surface area contributed by atoms with E-state index in [0.717, 1.165) is 11.1 Å². The van der Waals surface area contributed by atoms with Gasteiger partial charge in [0.2, 0.25) is 5.91 Å². The number of rotatable bonds is 2. The van der Waals surface area contributed by atoms with Crippen molar-refractivity contribution in [1.82, 2.24) is 10.2 Å². The molecule has 1 aliphatic heterocycles. The predicted octanol–water partition coefficient (Wildman–Crippen LogP) is 3.98. The summed E-state index contributed by atoms with van der Waals surface area (Å²) in [6.07, 6.45) is 0. The highest BCUT2D eigenvalue weighted by Crippen LogP contribution is 2.41. The Hall–Kier alpha value is -2.62. The molecule has 0 aromatic heterocycles. The molecule has 2 N–H and O–H groups in total. The molecule has 0 bridgehead atoms. The second-order valence-electron chi connectivity index (χ2n) is 8.24. The van der Waals surface area contributed by atoms with E-state index >= 15 is 0 Å². The molecule has 136 valence electrons. The fraction of sp³-hybridized carbons (Fsp3) is 0.364. The SMILES string of the molecule is CN1C(=N)N[C@](C)(c2ccccc2)[C@H](c2ccc(C(C)(C)C)cc2)C1=O. The second kappa shape index (κ2) is 6.27. The van der Waals surface area contributed by atoms with Crippen LogP contribution in [0.5, 0.6) is 0 Å². The van der Waals surface area contributed by atoms with E-state index in [1.54, 1.807) is 7.05 Å². The number of hydrogen-bond acceptors (Lipinski definition) is 2. The van der Waals surface area contributed by atoms with Gasteiger partial charge in [-0.3, -0.25) is 15.1 Å². The Morgan fingerprint density at radius 1 is 1.04 bits per heavy atom. The molecule has 2 aromatic rings. The summed E-state index contributed by atoms with van der Waals surface area (Å²) in [6, 6.07) is 18.2. The average Bonchev–Trinajstić information content (AvgIpc) is 2.60. The van der Waals surface area contributed by atoms with Crippen LogP contribution in [0.4, 0.5) is 0 Å². The molecule has 4 nitrogen and oxygen atoms in total. The Kier molecular flexibility index (Phi) is 4.39. The molecule has 0 aliphatic carbocycles. The standard InChI is InChI=1S/C22H27N3O/c1-21(2,3)16-13-11-15(12-14-16)18-19(26)25(5)20(23)24-22(18,4)17-9-7-6-8-10-17/h6-14,18H,1-5H3,(H2,23,24)/t18-,22-/m1/s1. The van der Waals surface area contributed by atoms with Crippen LogP contribution in [0.25, 0.3) is 0 Å². The van der Waals surface area contributed by atoms with Crippen molar-refractivity contribution in [3.63, 3.8) is 0 Å². The summed E-state index contributed by atoms with van der Waals surface area (Å²) in [5.41, 5.74) is 2.58. The highest BCUT2D eigenvalue weighted by atomic mass is 16.2. The lowest BCUT2D eigenvalue weighted by Gasteiger charge is -2.46. The lowest BCUT2D eigenvalue weighted by atomic mass is 9.73. The van der Waals surface area contributed by atoms with Crippen molar-refractivity contribution in [2.75, 3.05) is 7.05 Å². The van der Waals surface area contributed by atoms with Gasteiger partial charge < -0.3 is 5.32 Å². The van der Waals surface area contributed by atoms with Gasteiger partial charge in [-0.25, -0.2) is 0 Å². The maximum absolute atomic E-state index is 13.2. The van der Waals surface area contributed by atoms with E-state index in [4.69, 9.17) is 5.41 Å².